The Morgan fingerprint density at radius 3 is 1.60 bits per heavy atom. The topological polar surface area (TPSA) is 97.3 Å². The van der Waals surface area contributed by atoms with E-state index in [0.717, 1.165) is 0 Å². The molecule has 2 N–H and O–H groups in total. The molecule has 0 saturated heterocycles. The van der Waals surface area contributed by atoms with Crippen LogP contribution in [-0.2, 0) is 4.74 Å². The van der Waals surface area contributed by atoms with E-state index >= 15 is 0 Å². The fourth-order valence-electron chi connectivity index (χ4n) is 1.03. The van der Waals surface area contributed by atoms with E-state index in [9.17, 15) is 0 Å². The second-order valence-electron chi connectivity index (χ2n) is 3.21. The Morgan fingerprint density at radius 2 is 1.33 bits per heavy atom. The van der Waals surface area contributed by atoms with E-state index in [2.05, 4.69) is 0 Å². The summed E-state index contributed by atoms with van der Waals surface area (Å²) in [5.41, 5.74) is 0. The molecule has 0 saturated carbocycles. The number of hydrogen-bond donors (Lipinski definition) is 2. The quantitative estimate of drug-likeness (QED) is 0.592. The molecule has 0 aliphatic heterocycles. The molecule has 0 aromatic heterocycles. The maximum atomic E-state index is 8.64. The Labute approximate surface area is 89.5 Å². The van der Waals surface area contributed by atoms with Crippen molar-refractivity contribution >= 4 is 0 Å². The monoisotopic (exact) mass is 212 g/mol. The molecule has 0 aromatic rings. The lowest BCUT2D eigenvalue weighted by atomic mass is 10.1. The first kappa shape index (κ1) is 13.9. The fraction of sp³-hybridized carbons (Fsp3) is 0.800. The molecule has 15 heavy (non-hydrogen) atoms. The third-order valence-electron chi connectivity index (χ3n) is 1.96. The molecule has 0 aliphatic rings. The van der Waals surface area contributed by atoms with Crippen LogP contribution in [0.1, 0.15) is 12.8 Å². The molecule has 2 atom stereocenters. The Bertz CT molecular complexity index is 208. The summed E-state index contributed by atoms with van der Waals surface area (Å²) in [6.45, 7) is 0.362. The van der Waals surface area contributed by atoms with Gasteiger partial charge < -0.3 is 14.9 Å². The highest BCUT2D eigenvalue weighted by Gasteiger charge is 2.10. The van der Waals surface area contributed by atoms with Gasteiger partial charge in [0, 0.05) is 13.2 Å². The normalized spacial score (nSPS) is 13.9. The van der Waals surface area contributed by atoms with Crippen LogP contribution in [0.5, 0.6) is 0 Å². The zero-order valence-electron chi connectivity index (χ0n) is 8.59. The predicted octanol–water partition coefficient (Wildman–Crippen LogP) is 0.0474. The molecule has 0 bridgehead atoms. The van der Waals surface area contributed by atoms with Gasteiger partial charge in [0.15, 0.2) is 0 Å². The minimum Gasteiger partial charge on any atom is -0.396 e. The first-order valence-corrected chi connectivity index (χ1v) is 4.87. The van der Waals surface area contributed by atoms with E-state index in [1.165, 1.54) is 0 Å². The van der Waals surface area contributed by atoms with E-state index in [1.54, 1.807) is 0 Å². The summed E-state index contributed by atoms with van der Waals surface area (Å²) in [7, 11) is 0. The number of aliphatic hydroxyl groups is 2. The predicted molar refractivity (Wildman–Crippen MR) is 52.4 cm³/mol. The lowest BCUT2D eigenvalue weighted by molar-refractivity contribution is 0.0822. The van der Waals surface area contributed by atoms with E-state index < -0.39 is 0 Å². The van der Waals surface area contributed by atoms with Crippen molar-refractivity contribution < 1.29 is 14.9 Å². The van der Waals surface area contributed by atoms with Gasteiger partial charge in [0.25, 0.3) is 0 Å². The summed E-state index contributed by atoms with van der Waals surface area (Å²) in [4.78, 5) is 0. The molecule has 5 nitrogen and oxygen atoms in total. The molecule has 0 rings (SSSR count). The Balaban J connectivity index is 3.67. The number of rotatable bonds is 8. The number of hydrogen-bond acceptors (Lipinski definition) is 5. The van der Waals surface area contributed by atoms with Crippen molar-refractivity contribution in [2.75, 3.05) is 26.4 Å². The van der Waals surface area contributed by atoms with Crippen molar-refractivity contribution in [1.82, 2.24) is 0 Å². The van der Waals surface area contributed by atoms with Crippen LogP contribution in [0.2, 0.25) is 0 Å². The molecular formula is C10H16N2O3. The van der Waals surface area contributed by atoms with Crippen LogP contribution in [0.4, 0.5) is 0 Å². The molecule has 0 radical (unpaired) electrons. The Morgan fingerprint density at radius 1 is 0.933 bits per heavy atom. The van der Waals surface area contributed by atoms with Gasteiger partial charge in [0.05, 0.1) is 37.2 Å². The second kappa shape index (κ2) is 9.42. The van der Waals surface area contributed by atoms with Crippen molar-refractivity contribution in [3.05, 3.63) is 0 Å². The summed E-state index contributed by atoms with van der Waals surface area (Å²) in [6.07, 6.45) is 0.765. The maximum absolute atomic E-state index is 8.64. The summed E-state index contributed by atoms with van der Waals surface area (Å²) in [5.74, 6) is -0.660. The van der Waals surface area contributed by atoms with E-state index in [0.29, 0.717) is 12.8 Å². The highest BCUT2D eigenvalue weighted by molar-refractivity contribution is 4.84. The highest BCUT2D eigenvalue weighted by Crippen LogP contribution is 2.05. The smallest absolute Gasteiger partial charge is 0.0719 e. The Kier molecular flexibility index (Phi) is 8.70. The van der Waals surface area contributed by atoms with Crippen LogP contribution in [0.25, 0.3) is 0 Å². The molecule has 5 heteroatoms. The van der Waals surface area contributed by atoms with Gasteiger partial charge in [-0.25, -0.2) is 0 Å². The van der Waals surface area contributed by atoms with Crippen LogP contribution in [0.3, 0.4) is 0 Å². The third-order valence-corrected chi connectivity index (χ3v) is 1.96. The van der Waals surface area contributed by atoms with Gasteiger partial charge in [-0.15, -0.1) is 0 Å². The van der Waals surface area contributed by atoms with E-state index in [-0.39, 0.29) is 38.3 Å². The molecule has 0 fully saturated rings. The standard InChI is InChI=1S/C10H16N2O3/c11-5-9(1-3-13)7-15-8-10(6-12)2-4-14/h9-10,13-14H,1-4,7-8H2. The van der Waals surface area contributed by atoms with Crippen LogP contribution < -0.4 is 0 Å². The Hall–Kier alpha value is -1.14. The zero-order chi connectivity index (χ0) is 11.5. The van der Waals surface area contributed by atoms with Gasteiger partial charge in [-0.2, -0.15) is 10.5 Å². The minimum absolute atomic E-state index is 0.0418. The molecule has 2 unspecified atom stereocenters. The average Bonchev–Trinajstić information content (AvgIpc) is 2.26. The number of ether oxygens (including phenoxy) is 1. The van der Waals surface area contributed by atoms with Crippen LogP contribution in [-0.4, -0.2) is 36.6 Å². The lowest BCUT2D eigenvalue weighted by Crippen LogP contribution is -2.15. The van der Waals surface area contributed by atoms with Gasteiger partial charge in [0.2, 0.25) is 0 Å². The molecule has 0 amide bonds. The molecule has 84 valence electrons. The fourth-order valence-corrected chi connectivity index (χ4v) is 1.03. The van der Waals surface area contributed by atoms with E-state index in [1.807, 2.05) is 12.1 Å². The van der Waals surface area contributed by atoms with Crippen molar-refractivity contribution in [2.24, 2.45) is 11.8 Å². The molecular weight excluding hydrogens is 196 g/mol. The third kappa shape index (κ3) is 6.87. The number of nitriles is 2. The minimum atomic E-state index is -0.330. The van der Waals surface area contributed by atoms with Gasteiger partial charge in [0.1, 0.15) is 0 Å². The lowest BCUT2D eigenvalue weighted by Gasteiger charge is -2.10. The first-order valence-electron chi connectivity index (χ1n) is 4.87. The second-order valence-corrected chi connectivity index (χ2v) is 3.21. The molecule has 0 spiro atoms. The van der Waals surface area contributed by atoms with Crippen molar-refractivity contribution in [2.45, 2.75) is 12.8 Å². The summed E-state index contributed by atoms with van der Waals surface area (Å²) in [5, 5.41) is 34.5. The number of aliphatic hydroxyl groups excluding tert-OH is 2. The average molecular weight is 212 g/mol. The molecule has 0 aliphatic carbocycles. The van der Waals surface area contributed by atoms with Crippen LogP contribution >= 0.6 is 0 Å². The van der Waals surface area contributed by atoms with Crippen LogP contribution in [0, 0.1) is 34.5 Å². The van der Waals surface area contributed by atoms with Gasteiger partial charge in [-0.05, 0) is 12.8 Å². The van der Waals surface area contributed by atoms with Crippen LogP contribution in [0.15, 0.2) is 0 Å². The van der Waals surface area contributed by atoms with Crippen molar-refractivity contribution in [3.8, 4) is 12.1 Å². The largest absolute Gasteiger partial charge is 0.396 e. The summed E-state index contributed by atoms with van der Waals surface area (Å²) in [6, 6.07) is 4.02. The maximum Gasteiger partial charge on any atom is 0.0719 e. The van der Waals surface area contributed by atoms with Crippen molar-refractivity contribution in [1.29, 1.82) is 10.5 Å². The van der Waals surface area contributed by atoms with E-state index in [4.69, 9.17) is 25.5 Å². The summed E-state index contributed by atoms with van der Waals surface area (Å²) < 4.78 is 5.18. The first-order chi connectivity index (χ1) is 7.28. The summed E-state index contributed by atoms with van der Waals surface area (Å²) >= 11 is 0. The van der Waals surface area contributed by atoms with Gasteiger partial charge in [-0.3, -0.25) is 0 Å². The zero-order valence-corrected chi connectivity index (χ0v) is 8.59. The van der Waals surface area contributed by atoms with Gasteiger partial charge >= 0.3 is 0 Å². The van der Waals surface area contributed by atoms with Gasteiger partial charge in [-0.1, -0.05) is 0 Å². The highest BCUT2D eigenvalue weighted by atomic mass is 16.5. The molecule has 0 heterocycles. The SMILES string of the molecule is N#CC(CCO)COCC(C#N)CCO. The molecule has 0 aromatic carbocycles. The van der Waals surface area contributed by atoms with Crippen molar-refractivity contribution in [3.63, 3.8) is 0 Å². The number of nitrogens with zero attached hydrogens (tertiary/aromatic N) is 2.